The number of nitrogens with zero attached hydrogens (tertiary/aromatic N) is 1. The van der Waals surface area contributed by atoms with Gasteiger partial charge in [-0.15, -0.1) is 0 Å². The van der Waals surface area contributed by atoms with Gasteiger partial charge in [0.2, 0.25) is 0 Å². The Kier molecular flexibility index (Phi) is 4.18. The lowest BCUT2D eigenvalue weighted by molar-refractivity contribution is 0.102. The second-order valence-corrected chi connectivity index (χ2v) is 4.48. The summed E-state index contributed by atoms with van der Waals surface area (Å²) < 4.78 is 13.2. The second kappa shape index (κ2) is 6.04. The molecule has 0 spiro atoms. The summed E-state index contributed by atoms with van der Waals surface area (Å²) in [6, 6.07) is 10.5. The normalized spacial score (nSPS) is 11.2. The van der Waals surface area contributed by atoms with Crippen molar-refractivity contribution in [3.63, 3.8) is 0 Å². The summed E-state index contributed by atoms with van der Waals surface area (Å²) in [5.41, 5.74) is 7.45. The Morgan fingerprint density at radius 2 is 1.90 bits per heavy atom. The fraction of sp³-hybridized carbons (Fsp3) is 0.0667. The smallest absolute Gasteiger partial charge is 0.256 e. The molecule has 0 unspecified atom stereocenters. The van der Waals surface area contributed by atoms with Crippen molar-refractivity contribution in [1.82, 2.24) is 0 Å². The highest BCUT2D eigenvalue weighted by Gasteiger charge is 2.10. The molecule has 0 radical (unpaired) electrons. The molecule has 0 aliphatic rings. The van der Waals surface area contributed by atoms with Crippen LogP contribution in [0.25, 0.3) is 0 Å². The van der Waals surface area contributed by atoms with Crippen LogP contribution < -0.4 is 11.1 Å². The van der Waals surface area contributed by atoms with Crippen molar-refractivity contribution in [2.45, 2.75) is 6.92 Å². The van der Waals surface area contributed by atoms with Gasteiger partial charge in [-0.05, 0) is 48.9 Å². The molecule has 4 N–H and O–H groups in total. The van der Waals surface area contributed by atoms with Crippen molar-refractivity contribution in [2.24, 2.45) is 10.9 Å². The molecule has 2 rings (SSSR count). The third kappa shape index (κ3) is 3.36. The van der Waals surface area contributed by atoms with Crippen molar-refractivity contribution in [3.05, 3.63) is 65.0 Å². The summed E-state index contributed by atoms with van der Waals surface area (Å²) in [6.07, 6.45) is 0. The van der Waals surface area contributed by atoms with E-state index in [-0.39, 0.29) is 11.4 Å². The molecular formula is C15H14FN3O2. The molecule has 2 aromatic rings. The molecule has 0 aromatic heterocycles. The van der Waals surface area contributed by atoms with E-state index < -0.39 is 11.7 Å². The summed E-state index contributed by atoms with van der Waals surface area (Å²) in [6.45, 7) is 1.73. The van der Waals surface area contributed by atoms with Crippen molar-refractivity contribution in [1.29, 1.82) is 0 Å². The van der Waals surface area contributed by atoms with E-state index in [1.54, 1.807) is 37.3 Å². The lowest BCUT2D eigenvalue weighted by Crippen LogP contribution is -2.15. The van der Waals surface area contributed by atoms with Crippen molar-refractivity contribution in [3.8, 4) is 0 Å². The molecule has 21 heavy (non-hydrogen) atoms. The van der Waals surface area contributed by atoms with Gasteiger partial charge in [-0.1, -0.05) is 11.2 Å². The zero-order valence-corrected chi connectivity index (χ0v) is 11.3. The Bertz CT molecular complexity index is 697. The van der Waals surface area contributed by atoms with Crippen molar-refractivity contribution in [2.75, 3.05) is 5.32 Å². The van der Waals surface area contributed by atoms with Crippen LogP contribution in [-0.2, 0) is 0 Å². The van der Waals surface area contributed by atoms with Gasteiger partial charge >= 0.3 is 0 Å². The van der Waals surface area contributed by atoms with Gasteiger partial charge in [0.15, 0.2) is 5.84 Å². The van der Waals surface area contributed by atoms with Gasteiger partial charge in [-0.3, -0.25) is 4.79 Å². The number of carbonyl (C=O) groups is 1. The zero-order chi connectivity index (χ0) is 15.4. The zero-order valence-electron chi connectivity index (χ0n) is 11.3. The predicted molar refractivity (Wildman–Crippen MR) is 78.0 cm³/mol. The fourth-order valence-corrected chi connectivity index (χ4v) is 1.82. The lowest BCUT2D eigenvalue weighted by atomic mass is 10.1. The average Bonchev–Trinajstić information content (AvgIpc) is 2.49. The number of benzene rings is 2. The number of nitrogens with one attached hydrogen (secondary N) is 1. The molecule has 5 nitrogen and oxygen atoms in total. The standard InChI is InChI=1S/C15H14FN3O2/c1-9-2-5-11(16)8-13(9)15(20)18-12-6-3-10(4-7-12)14(17)19-21/h2-8,21H,1H3,(H2,17,19)(H,18,20). The lowest BCUT2D eigenvalue weighted by Gasteiger charge is -2.08. The number of carbonyl (C=O) groups excluding carboxylic acids is 1. The van der Waals surface area contributed by atoms with E-state index in [0.29, 0.717) is 16.8 Å². The Morgan fingerprint density at radius 1 is 1.24 bits per heavy atom. The number of hydrogen-bond donors (Lipinski definition) is 3. The first kappa shape index (κ1) is 14.5. The van der Waals surface area contributed by atoms with Crippen LogP contribution in [0.5, 0.6) is 0 Å². The molecule has 0 aliphatic heterocycles. The monoisotopic (exact) mass is 287 g/mol. The predicted octanol–water partition coefficient (Wildman–Crippen LogP) is 2.48. The van der Waals surface area contributed by atoms with E-state index in [1.165, 1.54) is 12.1 Å². The molecule has 1 amide bonds. The molecule has 0 fully saturated rings. The number of halogens is 1. The number of hydrogen-bond acceptors (Lipinski definition) is 3. The first-order valence-corrected chi connectivity index (χ1v) is 6.16. The maximum Gasteiger partial charge on any atom is 0.256 e. The van der Waals surface area contributed by atoms with Crippen LogP contribution in [0.2, 0.25) is 0 Å². The third-order valence-electron chi connectivity index (χ3n) is 2.99. The van der Waals surface area contributed by atoms with Crippen LogP contribution >= 0.6 is 0 Å². The number of anilines is 1. The van der Waals surface area contributed by atoms with E-state index in [1.807, 2.05) is 0 Å². The van der Waals surface area contributed by atoms with Crippen LogP contribution in [0.1, 0.15) is 21.5 Å². The summed E-state index contributed by atoms with van der Waals surface area (Å²) in [4.78, 5) is 12.1. The summed E-state index contributed by atoms with van der Waals surface area (Å²) in [5.74, 6) is -0.884. The van der Waals surface area contributed by atoms with Gasteiger partial charge in [0.1, 0.15) is 5.82 Å². The number of amidine groups is 1. The van der Waals surface area contributed by atoms with Crippen LogP contribution in [0.3, 0.4) is 0 Å². The number of rotatable bonds is 3. The van der Waals surface area contributed by atoms with E-state index in [4.69, 9.17) is 10.9 Å². The van der Waals surface area contributed by atoms with Gasteiger partial charge < -0.3 is 16.3 Å². The first-order valence-electron chi connectivity index (χ1n) is 6.16. The average molecular weight is 287 g/mol. The molecule has 0 saturated carbocycles. The van der Waals surface area contributed by atoms with Crippen LogP contribution in [0.4, 0.5) is 10.1 Å². The molecular weight excluding hydrogens is 273 g/mol. The highest BCUT2D eigenvalue weighted by atomic mass is 19.1. The fourth-order valence-electron chi connectivity index (χ4n) is 1.82. The Balaban J connectivity index is 2.18. The molecule has 108 valence electrons. The van der Waals surface area contributed by atoms with Crippen molar-refractivity contribution < 1.29 is 14.4 Å². The van der Waals surface area contributed by atoms with Crippen LogP contribution in [-0.4, -0.2) is 17.0 Å². The third-order valence-corrected chi connectivity index (χ3v) is 2.99. The van der Waals surface area contributed by atoms with Crippen LogP contribution in [0.15, 0.2) is 47.6 Å². The largest absolute Gasteiger partial charge is 0.409 e. The number of amides is 1. The summed E-state index contributed by atoms with van der Waals surface area (Å²) in [7, 11) is 0. The summed E-state index contributed by atoms with van der Waals surface area (Å²) in [5, 5.41) is 14.1. The van der Waals surface area contributed by atoms with Gasteiger partial charge in [-0.25, -0.2) is 4.39 Å². The Morgan fingerprint density at radius 3 is 2.52 bits per heavy atom. The summed E-state index contributed by atoms with van der Waals surface area (Å²) >= 11 is 0. The highest BCUT2D eigenvalue weighted by Crippen LogP contribution is 2.14. The Hall–Kier alpha value is -2.89. The van der Waals surface area contributed by atoms with E-state index in [2.05, 4.69) is 10.5 Å². The maximum atomic E-state index is 13.2. The van der Waals surface area contributed by atoms with E-state index >= 15 is 0 Å². The Labute approximate surface area is 120 Å². The minimum atomic E-state index is -0.465. The maximum absolute atomic E-state index is 13.2. The SMILES string of the molecule is Cc1ccc(F)cc1C(=O)Nc1ccc(C(N)=NO)cc1. The van der Waals surface area contributed by atoms with E-state index in [9.17, 15) is 9.18 Å². The molecule has 0 bridgehead atoms. The van der Waals surface area contributed by atoms with Gasteiger partial charge in [0.05, 0.1) is 0 Å². The van der Waals surface area contributed by atoms with Gasteiger partial charge in [0.25, 0.3) is 5.91 Å². The number of oxime groups is 1. The first-order chi connectivity index (χ1) is 10.0. The topological polar surface area (TPSA) is 87.7 Å². The number of nitrogens with two attached hydrogens (primary N) is 1. The molecule has 2 aromatic carbocycles. The van der Waals surface area contributed by atoms with Crippen molar-refractivity contribution >= 4 is 17.4 Å². The van der Waals surface area contributed by atoms with Gasteiger partial charge in [-0.2, -0.15) is 0 Å². The van der Waals surface area contributed by atoms with Crippen LogP contribution in [0, 0.1) is 12.7 Å². The molecule has 0 atom stereocenters. The quantitative estimate of drug-likeness (QED) is 0.351. The van der Waals surface area contributed by atoms with E-state index in [0.717, 1.165) is 0 Å². The molecule has 0 saturated heterocycles. The molecule has 0 aliphatic carbocycles. The number of aryl methyl sites for hydroxylation is 1. The minimum Gasteiger partial charge on any atom is -0.409 e. The molecule has 0 heterocycles. The highest BCUT2D eigenvalue weighted by molar-refractivity contribution is 6.05. The second-order valence-electron chi connectivity index (χ2n) is 4.48. The molecule has 6 heteroatoms. The minimum absolute atomic E-state index is 0.0196. The van der Waals surface area contributed by atoms with Gasteiger partial charge in [0, 0.05) is 16.8 Å².